The van der Waals surface area contributed by atoms with Gasteiger partial charge in [-0.1, -0.05) is 23.8 Å². The second-order valence-corrected chi connectivity index (χ2v) is 6.32. The van der Waals surface area contributed by atoms with Crippen molar-refractivity contribution in [1.82, 2.24) is 4.98 Å². The van der Waals surface area contributed by atoms with Crippen LogP contribution in [0.5, 0.6) is 5.88 Å². The lowest BCUT2D eigenvalue weighted by Gasteiger charge is -2.06. The van der Waals surface area contributed by atoms with E-state index in [4.69, 9.17) is 10.5 Å². The van der Waals surface area contributed by atoms with Crippen LogP contribution in [-0.2, 0) is 12.8 Å². The van der Waals surface area contributed by atoms with E-state index in [0.717, 1.165) is 35.9 Å². The maximum Gasteiger partial charge on any atom is 0.213 e. The average molecular weight is 316 g/mol. The number of benzene rings is 2. The molecule has 0 bridgehead atoms. The lowest BCUT2D eigenvalue weighted by molar-refractivity contribution is 0.399. The number of ether oxygens (including phenoxy) is 1. The minimum atomic E-state index is 0.656. The van der Waals surface area contributed by atoms with Crippen LogP contribution in [0.3, 0.4) is 0 Å². The summed E-state index contributed by atoms with van der Waals surface area (Å²) in [4.78, 5) is 4.46. The van der Waals surface area contributed by atoms with Crippen molar-refractivity contribution >= 4 is 22.7 Å². The molecule has 0 amide bonds. The van der Waals surface area contributed by atoms with Crippen LogP contribution in [0.4, 0.5) is 5.69 Å². The van der Waals surface area contributed by atoms with Crippen molar-refractivity contribution in [2.75, 3.05) is 12.8 Å². The van der Waals surface area contributed by atoms with Crippen molar-refractivity contribution in [3.8, 4) is 5.88 Å². The molecular formula is C21H20N2O. The molecule has 1 aliphatic rings. The van der Waals surface area contributed by atoms with Crippen LogP contribution in [0, 0.1) is 0 Å². The van der Waals surface area contributed by atoms with E-state index in [1.807, 2.05) is 12.1 Å². The van der Waals surface area contributed by atoms with E-state index in [1.54, 1.807) is 7.11 Å². The second kappa shape index (κ2) is 6.00. The molecule has 0 spiro atoms. The lowest BCUT2D eigenvalue weighted by Crippen LogP contribution is -1.92. The number of nitrogens with two attached hydrogens (primary N) is 1. The monoisotopic (exact) mass is 316 g/mol. The summed E-state index contributed by atoms with van der Waals surface area (Å²) in [6.45, 7) is 0. The highest BCUT2D eigenvalue weighted by atomic mass is 16.5. The molecule has 1 aromatic heterocycles. The van der Waals surface area contributed by atoms with Crippen molar-refractivity contribution in [3.63, 3.8) is 0 Å². The van der Waals surface area contributed by atoms with Crippen LogP contribution in [0.2, 0.25) is 0 Å². The number of methoxy groups -OCH3 is 1. The summed E-state index contributed by atoms with van der Waals surface area (Å²) in [5, 5.41) is 1.16. The highest BCUT2D eigenvalue weighted by Gasteiger charge is 2.12. The third-order valence-corrected chi connectivity index (χ3v) is 4.62. The van der Waals surface area contributed by atoms with E-state index in [9.17, 15) is 0 Å². The molecule has 1 heterocycles. The Kier molecular flexibility index (Phi) is 3.69. The Morgan fingerprint density at radius 2 is 1.96 bits per heavy atom. The first kappa shape index (κ1) is 14.8. The van der Waals surface area contributed by atoms with Gasteiger partial charge in [0, 0.05) is 17.1 Å². The molecule has 2 aromatic carbocycles. The number of hydrogen-bond donors (Lipinski definition) is 1. The predicted molar refractivity (Wildman–Crippen MR) is 99.2 cm³/mol. The fraction of sp³-hybridized carbons (Fsp3) is 0.190. The molecule has 3 nitrogen and oxygen atoms in total. The van der Waals surface area contributed by atoms with E-state index >= 15 is 0 Å². The maximum atomic E-state index is 5.88. The summed E-state index contributed by atoms with van der Waals surface area (Å²) in [6, 6.07) is 16.6. The number of aromatic nitrogens is 1. The Morgan fingerprint density at radius 1 is 1.04 bits per heavy atom. The molecule has 2 N–H and O–H groups in total. The van der Waals surface area contributed by atoms with Gasteiger partial charge in [-0.15, -0.1) is 0 Å². The van der Waals surface area contributed by atoms with Gasteiger partial charge in [-0.05, 0) is 66.3 Å². The normalized spacial score (nSPS) is 13.0. The molecule has 4 rings (SSSR count). The Morgan fingerprint density at radius 3 is 2.83 bits per heavy atom. The van der Waals surface area contributed by atoms with Gasteiger partial charge >= 0.3 is 0 Å². The molecule has 0 fully saturated rings. The van der Waals surface area contributed by atoms with E-state index in [2.05, 4.69) is 47.5 Å². The van der Waals surface area contributed by atoms with Gasteiger partial charge in [-0.3, -0.25) is 0 Å². The van der Waals surface area contributed by atoms with Gasteiger partial charge in [0.05, 0.1) is 12.6 Å². The summed E-state index contributed by atoms with van der Waals surface area (Å²) in [6.07, 6.45) is 5.44. The quantitative estimate of drug-likeness (QED) is 0.726. The number of rotatable bonds is 4. The molecule has 0 saturated heterocycles. The van der Waals surface area contributed by atoms with Gasteiger partial charge in [0.15, 0.2) is 0 Å². The Bertz CT molecular complexity index is 944. The molecule has 3 heteroatoms. The van der Waals surface area contributed by atoms with Crippen LogP contribution < -0.4 is 10.5 Å². The number of nitrogen functional groups attached to an aromatic ring is 1. The predicted octanol–water partition coefficient (Wildman–Crippen LogP) is 4.40. The van der Waals surface area contributed by atoms with Gasteiger partial charge in [0.25, 0.3) is 0 Å². The fourth-order valence-electron chi connectivity index (χ4n) is 3.33. The van der Waals surface area contributed by atoms with E-state index in [-0.39, 0.29) is 0 Å². The Balaban J connectivity index is 1.48. The molecule has 1 aliphatic carbocycles. The summed E-state index contributed by atoms with van der Waals surface area (Å²) in [5.74, 6) is 0.656. The number of hydrogen-bond acceptors (Lipinski definition) is 3. The van der Waals surface area contributed by atoms with E-state index in [1.165, 1.54) is 22.3 Å². The van der Waals surface area contributed by atoms with Gasteiger partial charge in [0.2, 0.25) is 5.88 Å². The maximum absolute atomic E-state index is 5.88. The third-order valence-electron chi connectivity index (χ3n) is 4.62. The minimum Gasteiger partial charge on any atom is -0.481 e. The van der Waals surface area contributed by atoms with Crippen LogP contribution in [0.15, 0.2) is 54.1 Å². The van der Waals surface area contributed by atoms with Crippen molar-refractivity contribution in [3.05, 3.63) is 70.8 Å². The van der Waals surface area contributed by atoms with Crippen molar-refractivity contribution < 1.29 is 4.74 Å². The number of allylic oxidation sites excluding steroid dienone is 1. The standard InChI is InChI=1S/C21H20N2O/c1-24-21-9-6-17-10-14(4-8-20(17)23-21)2-3-15-11-16-5-7-19(22)13-18(16)12-15/h4-11,13H,2-3,12,22H2,1H3. The van der Waals surface area contributed by atoms with Crippen LogP contribution in [0.1, 0.15) is 23.1 Å². The zero-order chi connectivity index (χ0) is 16.5. The smallest absolute Gasteiger partial charge is 0.213 e. The summed E-state index contributed by atoms with van der Waals surface area (Å²) in [7, 11) is 1.64. The first-order valence-corrected chi connectivity index (χ1v) is 8.23. The lowest BCUT2D eigenvalue weighted by atomic mass is 10.0. The van der Waals surface area contributed by atoms with Gasteiger partial charge in [-0.25, -0.2) is 4.98 Å². The van der Waals surface area contributed by atoms with Gasteiger partial charge in [-0.2, -0.15) is 0 Å². The topological polar surface area (TPSA) is 48.1 Å². The number of pyridine rings is 1. The Hall–Kier alpha value is -2.81. The van der Waals surface area contributed by atoms with Gasteiger partial charge in [0.1, 0.15) is 0 Å². The number of anilines is 1. The van der Waals surface area contributed by atoms with Crippen molar-refractivity contribution in [2.45, 2.75) is 19.3 Å². The van der Waals surface area contributed by atoms with E-state index < -0.39 is 0 Å². The molecule has 3 aromatic rings. The largest absolute Gasteiger partial charge is 0.481 e. The van der Waals surface area contributed by atoms with Crippen LogP contribution in [0.25, 0.3) is 17.0 Å². The third kappa shape index (κ3) is 2.85. The first-order valence-electron chi connectivity index (χ1n) is 8.23. The number of fused-ring (bicyclic) bond motifs is 2. The molecule has 0 atom stereocenters. The highest BCUT2D eigenvalue weighted by Crippen LogP contribution is 2.29. The number of aryl methyl sites for hydroxylation is 1. The molecule has 24 heavy (non-hydrogen) atoms. The summed E-state index contributed by atoms with van der Waals surface area (Å²) < 4.78 is 5.18. The number of nitrogens with zero attached hydrogens (tertiary/aromatic N) is 1. The van der Waals surface area contributed by atoms with Crippen molar-refractivity contribution in [1.29, 1.82) is 0 Å². The summed E-state index contributed by atoms with van der Waals surface area (Å²) in [5.41, 5.74) is 13.2. The molecule has 0 radical (unpaired) electrons. The average Bonchev–Trinajstić information content (AvgIpc) is 3.01. The molecule has 0 aliphatic heterocycles. The highest BCUT2D eigenvalue weighted by molar-refractivity contribution is 5.79. The van der Waals surface area contributed by atoms with Crippen LogP contribution in [-0.4, -0.2) is 12.1 Å². The second-order valence-electron chi connectivity index (χ2n) is 6.32. The van der Waals surface area contributed by atoms with E-state index in [0.29, 0.717) is 5.88 Å². The van der Waals surface area contributed by atoms with Crippen LogP contribution >= 0.6 is 0 Å². The molecule has 120 valence electrons. The first-order chi connectivity index (χ1) is 11.7. The minimum absolute atomic E-state index is 0.656. The zero-order valence-electron chi connectivity index (χ0n) is 13.8. The zero-order valence-corrected chi connectivity index (χ0v) is 13.8. The SMILES string of the molecule is COc1ccc2cc(CCC3=Cc4ccc(N)cc4C3)ccc2n1. The molecule has 0 saturated carbocycles. The van der Waals surface area contributed by atoms with Crippen molar-refractivity contribution in [2.24, 2.45) is 0 Å². The molecular weight excluding hydrogens is 296 g/mol. The molecule has 0 unspecified atom stereocenters. The van der Waals surface area contributed by atoms with Gasteiger partial charge < -0.3 is 10.5 Å². The Labute approximate surface area is 141 Å². The summed E-state index contributed by atoms with van der Waals surface area (Å²) >= 11 is 0. The fourth-order valence-corrected chi connectivity index (χ4v) is 3.33.